The van der Waals surface area contributed by atoms with Crippen LogP contribution in [0.1, 0.15) is 44.0 Å². The second kappa shape index (κ2) is 4.48. The van der Waals surface area contributed by atoms with E-state index in [0.29, 0.717) is 11.5 Å². The van der Waals surface area contributed by atoms with E-state index in [9.17, 15) is 4.79 Å². The first-order valence-electron chi connectivity index (χ1n) is 6.00. The SMILES string of the molecule is CC(C)(C)Oc1cncc(OC2CC2)c1C(N)=O. The van der Waals surface area contributed by atoms with Crippen molar-refractivity contribution in [3.8, 4) is 11.5 Å². The monoisotopic (exact) mass is 250 g/mol. The molecule has 0 aromatic carbocycles. The number of primary amides is 1. The summed E-state index contributed by atoms with van der Waals surface area (Å²) >= 11 is 0. The third-order valence-corrected chi connectivity index (χ3v) is 2.36. The number of hydrogen-bond acceptors (Lipinski definition) is 4. The van der Waals surface area contributed by atoms with E-state index in [1.54, 1.807) is 0 Å². The molecule has 5 heteroatoms. The molecule has 1 aromatic heterocycles. The molecule has 98 valence electrons. The van der Waals surface area contributed by atoms with Crippen molar-refractivity contribution in [3.63, 3.8) is 0 Å². The highest BCUT2D eigenvalue weighted by atomic mass is 16.5. The van der Waals surface area contributed by atoms with E-state index >= 15 is 0 Å². The number of nitrogens with zero attached hydrogens (tertiary/aromatic N) is 1. The van der Waals surface area contributed by atoms with Gasteiger partial charge in [0.1, 0.15) is 11.2 Å². The maximum atomic E-state index is 11.6. The van der Waals surface area contributed by atoms with Crippen LogP contribution in [0.3, 0.4) is 0 Å². The Morgan fingerprint density at radius 2 is 1.94 bits per heavy atom. The van der Waals surface area contributed by atoms with Gasteiger partial charge in [-0.1, -0.05) is 0 Å². The lowest BCUT2D eigenvalue weighted by Gasteiger charge is -2.23. The van der Waals surface area contributed by atoms with Gasteiger partial charge in [-0.15, -0.1) is 0 Å². The maximum absolute atomic E-state index is 11.6. The molecular formula is C13H18N2O3. The molecule has 0 bridgehead atoms. The summed E-state index contributed by atoms with van der Waals surface area (Å²) in [6, 6.07) is 0. The highest BCUT2D eigenvalue weighted by Gasteiger charge is 2.28. The molecule has 0 saturated heterocycles. The normalized spacial score (nSPS) is 15.3. The van der Waals surface area contributed by atoms with Gasteiger partial charge in [0.25, 0.3) is 5.91 Å². The fraction of sp³-hybridized carbons (Fsp3) is 0.538. The maximum Gasteiger partial charge on any atom is 0.256 e. The van der Waals surface area contributed by atoms with Crippen LogP contribution >= 0.6 is 0 Å². The summed E-state index contributed by atoms with van der Waals surface area (Å²) in [6.07, 6.45) is 5.18. The van der Waals surface area contributed by atoms with Crippen molar-refractivity contribution in [2.45, 2.75) is 45.3 Å². The van der Waals surface area contributed by atoms with Crippen molar-refractivity contribution in [3.05, 3.63) is 18.0 Å². The molecule has 2 N–H and O–H groups in total. The van der Waals surface area contributed by atoms with Gasteiger partial charge >= 0.3 is 0 Å². The van der Waals surface area contributed by atoms with E-state index in [1.807, 2.05) is 20.8 Å². The fourth-order valence-electron chi connectivity index (χ4n) is 1.53. The van der Waals surface area contributed by atoms with Crippen molar-refractivity contribution < 1.29 is 14.3 Å². The Bertz CT molecular complexity index is 462. The van der Waals surface area contributed by atoms with Gasteiger partial charge in [-0.3, -0.25) is 9.78 Å². The fourth-order valence-corrected chi connectivity index (χ4v) is 1.53. The van der Waals surface area contributed by atoms with Crippen LogP contribution in [0.4, 0.5) is 0 Å². The first-order chi connectivity index (χ1) is 8.37. The molecule has 5 nitrogen and oxygen atoms in total. The average molecular weight is 250 g/mol. The van der Waals surface area contributed by atoms with Crippen LogP contribution in [-0.4, -0.2) is 22.6 Å². The molecule has 1 heterocycles. The predicted octanol–water partition coefficient (Wildman–Crippen LogP) is 1.90. The second-order valence-corrected chi connectivity index (χ2v) is 5.41. The molecule has 18 heavy (non-hydrogen) atoms. The summed E-state index contributed by atoms with van der Waals surface area (Å²) < 4.78 is 11.3. The summed E-state index contributed by atoms with van der Waals surface area (Å²) in [5, 5.41) is 0. The lowest BCUT2D eigenvalue weighted by Crippen LogP contribution is -2.25. The van der Waals surface area contributed by atoms with E-state index < -0.39 is 11.5 Å². The number of hydrogen-bond donors (Lipinski definition) is 1. The smallest absolute Gasteiger partial charge is 0.256 e. The molecule has 1 aromatic rings. The predicted molar refractivity (Wildman–Crippen MR) is 66.8 cm³/mol. The summed E-state index contributed by atoms with van der Waals surface area (Å²) in [5.41, 5.74) is 5.25. The number of ether oxygens (including phenoxy) is 2. The Balaban J connectivity index is 2.35. The van der Waals surface area contributed by atoms with Crippen molar-refractivity contribution in [2.75, 3.05) is 0 Å². The van der Waals surface area contributed by atoms with Gasteiger partial charge in [-0.05, 0) is 33.6 Å². The number of aromatic nitrogens is 1. The van der Waals surface area contributed by atoms with Gasteiger partial charge in [0, 0.05) is 0 Å². The number of nitrogens with two attached hydrogens (primary N) is 1. The molecule has 1 aliphatic carbocycles. The Kier molecular flexibility index (Phi) is 3.15. The molecular weight excluding hydrogens is 232 g/mol. The van der Waals surface area contributed by atoms with Crippen LogP contribution in [0, 0.1) is 0 Å². The Hall–Kier alpha value is -1.78. The van der Waals surface area contributed by atoms with E-state index in [-0.39, 0.29) is 11.7 Å². The van der Waals surface area contributed by atoms with Gasteiger partial charge in [0.2, 0.25) is 0 Å². The molecule has 1 aliphatic rings. The van der Waals surface area contributed by atoms with Crippen LogP contribution in [-0.2, 0) is 0 Å². The zero-order valence-corrected chi connectivity index (χ0v) is 10.9. The zero-order valence-electron chi connectivity index (χ0n) is 10.9. The lowest BCUT2D eigenvalue weighted by atomic mass is 10.1. The Morgan fingerprint density at radius 1 is 1.33 bits per heavy atom. The lowest BCUT2D eigenvalue weighted by molar-refractivity contribution is 0.0970. The number of carbonyl (C=O) groups excluding carboxylic acids is 1. The quantitative estimate of drug-likeness (QED) is 0.885. The molecule has 0 unspecified atom stereocenters. The number of carbonyl (C=O) groups is 1. The largest absolute Gasteiger partial charge is 0.488 e. The van der Waals surface area contributed by atoms with Crippen LogP contribution in [0.25, 0.3) is 0 Å². The number of rotatable bonds is 4. The first kappa shape index (κ1) is 12.7. The van der Waals surface area contributed by atoms with E-state index in [0.717, 1.165) is 12.8 Å². The third kappa shape index (κ3) is 3.12. The summed E-state index contributed by atoms with van der Waals surface area (Å²) in [6.45, 7) is 5.69. The van der Waals surface area contributed by atoms with Gasteiger partial charge in [-0.2, -0.15) is 0 Å². The van der Waals surface area contributed by atoms with E-state index in [4.69, 9.17) is 15.2 Å². The van der Waals surface area contributed by atoms with Crippen molar-refractivity contribution in [2.24, 2.45) is 5.73 Å². The van der Waals surface area contributed by atoms with Crippen LogP contribution in [0.15, 0.2) is 12.4 Å². The van der Waals surface area contributed by atoms with Crippen molar-refractivity contribution in [1.82, 2.24) is 4.98 Å². The Labute approximate surface area is 106 Å². The van der Waals surface area contributed by atoms with Crippen LogP contribution in [0.2, 0.25) is 0 Å². The topological polar surface area (TPSA) is 74.4 Å². The summed E-state index contributed by atoms with van der Waals surface area (Å²) in [4.78, 5) is 15.6. The van der Waals surface area contributed by atoms with Crippen molar-refractivity contribution >= 4 is 5.91 Å². The average Bonchev–Trinajstić information content (AvgIpc) is 2.98. The van der Waals surface area contributed by atoms with E-state index in [2.05, 4.69) is 4.98 Å². The minimum absolute atomic E-state index is 0.176. The van der Waals surface area contributed by atoms with E-state index in [1.165, 1.54) is 12.4 Å². The molecule has 1 fully saturated rings. The van der Waals surface area contributed by atoms with Gasteiger partial charge in [-0.25, -0.2) is 0 Å². The number of pyridine rings is 1. The minimum Gasteiger partial charge on any atom is -0.488 e. The zero-order chi connectivity index (χ0) is 13.3. The minimum atomic E-state index is -0.563. The van der Waals surface area contributed by atoms with Gasteiger partial charge in [0.05, 0.1) is 18.5 Å². The van der Waals surface area contributed by atoms with Gasteiger partial charge in [0.15, 0.2) is 11.5 Å². The van der Waals surface area contributed by atoms with Crippen LogP contribution in [0.5, 0.6) is 11.5 Å². The molecule has 1 saturated carbocycles. The summed E-state index contributed by atoms with van der Waals surface area (Å²) in [7, 11) is 0. The highest BCUT2D eigenvalue weighted by Crippen LogP contribution is 2.33. The molecule has 0 atom stereocenters. The third-order valence-electron chi connectivity index (χ3n) is 2.36. The highest BCUT2D eigenvalue weighted by molar-refractivity contribution is 5.98. The van der Waals surface area contributed by atoms with Gasteiger partial charge < -0.3 is 15.2 Å². The molecule has 0 radical (unpaired) electrons. The number of amides is 1. The molecule has 0 aliphatic heterocycles. The van der Waals surface area contributed by atoms with Crippen molar-refractivity contribution in [1.29, 1.82) is 0 Å². The molecule has 1 amide bonds. The first-order valence-corrected chi connectivity index (χ1v) is 6.00. The summed E-state index contributed by atoms with van der Waals surface area (Å²) in [5.74, 6) is 0.215. The standard InChI is InChI=1S/C13H18N2O3/c1-13(2,3)18-10-7-15-6-9(11(10)12(14)16)17-8-4-5-8/h6-8H,4-5H2,1-3H3,(H2,14,16). The second-order valence-electron chi connectivity index (χ2n) is 5.41. The Morgan fingerprint density at radius 3 is 2.44 bits per heavy atom. The van der Waals surface area contributed by atoms with Crippen LogP contribution < -0.4 is 15.2 Å². The molecule has 2 rings (SSSR count). The molecule has 0 spiro atoms.